The zero-order valence-electron chi connectivity index (χ0n) is 29.1. The molecule has 10 aromatic carbocycles. The third-order valence-electron chi connectivity index (χ3n) is 11.4. The topological polar surface area (TPSA) is 26.3 Å². The molecule has 0 radical (unpaired) electrons. The van der Waals surface area contributed by atoms with Crippen LogP contribution in [-0.4, -0.2) is 0 Å². The Labute approximate surface area is 310 Å². The van der Waals surface area contributed by atoms with Crippen LogP contribution in [-0.2, 0) is 0 Å². The summed E-state index contributed by atoms with van der Waals surface area (Å²) >= 11 is 0. The number of fused-ring (bicyclic) bond motifs is 11. The lowest BCUT2D eigenvalue weighted by atomic mass is 9.85. The number of rotatable bonds is 3. The first kappa shape index (κ1) is 29.4. The van der Waals surface area contributed by atoms with Gasteiger partial charge in [0, 0.05) is 16.2 Å². The maximum Gasteiger partial charge on any atom is 0.147 e. The second-order valence-electron chi connectivity index (χ2n) is 14.4. The molecule has 12 rings (SSSR count). The Morgan fingerprint density at radius 3 is 1.57 bits per heavy atom. The molecule has 0 saturated heterocycles. The summed E-state index contributed by atoms with van der Waals surface area (Å²) in [6.07, 6.45) is 0. The van der Waals surface area contributed by atoms with Crippen LogP contribution < -0.4 is 0 Å². The summed E-state index contributed by atoms with van der Waals surface area (Å²) in [4.78, 5) is 0. The standard InChI is InChI=1S/C52H30O2/c1-2-10-34-27-37(24-19-31(34)9-1)50-41-13-5-3-11-39(41)49(40-12-4-6-14-42(40)50)33-20-17-32(18-21-33)35-22-23-36-29-45-43-25-26-47-51(44-15-7-8-16-46(44)53-47)52(43)54-48(45)30-38(36)28-35/h1-30H. The van der Waals surface area contributed by atoms with E-state index in [0.29, 0.717) is 0 Å². The minimum absolute atomic E-state index is 0.847. The molecule has 0 unspecified atom stereocenters. The lowest BCUT2D eigenvalue weighted by Crippen LogP contribution is -1.91. The highest BCUT2D eigenvalue weighted by Crippen LogP contribution is 2.45. The molecule has 0 spiro atoms. The predicted octanol–water partition coefficient (Wildman–Crippen LogP) is 15.1. The molecule has 0 amide bonds. The van der Waals surface area contributed by atoms with Crippen LogP contribution in [0, 0.1) is 0 Å². The van der Waals surface area contributed by atoms with Crippen molar-refractivity contribution < 1.29 is 8.83 Å². The van der Waals surface area contributed by atoms with E-state index in [0.717, 1.165) is 49.3 Å². The number of para-hydroxylation sites is 1. The molecule has 0 saturated carbocycles. The van der Waals surface area contributed by atoms with Gasteiger partial charge in [-0.3, -0.25) is 0 Å². The maximum atomic E-state index is 6.62. The smallest absolute Gasteiger partial charge is 0.147 e. The summed E-state index contributed by atoms with van der Waals surface area (Å²) in [6, 6.07) is 65.8. The molecular formula is C52H30O2. The Morgan fingerprint density at radius 2 is 0.815 bits per heavy atom. The third kappa shape index (κ3) is 4.28. The van der Waals surface area contributed by atoms with Crippen molar-refractivity contribution in [2.75, 3.05) is 0 Å². The second kappa shape index (κ2) is 11.2. The molecule has 0 N–H and O–H groups in total. The molecule has 12 aromatic rings. The van der Waals surface area contributed by atoms with E-state index >= 15 is 0 Å². The summed E-state index contributed by atoms with van der Waals surface area (Å²) in [5, 5.41) is 14.2. The molecule has 2 nitrogen and oxygen atoms in total. The van der Waals surface area contributed by atoms with Crippen molar-refractivity contribution in [2.45, 2.75) is 0 Å². The van der Waals surface area contributed by atoms with Crippen molar-refractivity contribution in [3.63, 3.8) is 0 Å². The quantitative estimate of drug-likeness (QED) is 0.173. The molecule has 2 heterocycles. The average Bonchev–Trinajstić information content (AvgIpc) is 3.79. The Bertz CT molecular complexity index is 3430. The third-order valence-corrected chi connectivity index (χ3v) is 11.4. The van der Waals surface area contributed by atoms with Gasteiger partial charge in [0.2, 0.25) is 0 Å². The summed E-state index contributed by atoms with van der Waals surface area (Å²) in [5.41, 5.74) is 10.8. The first-order valence-electron chi connectivity index (χ1n) is 18.5. The highest BCUT2D eigenvalue weighted by Gasteiger charge is 2.18. The van der Waals surface area contributed by atoms with Crippen LogP contribution in [0.2, 0.25) is 0 Å². The van der Waals surface area contributed by atoms with Crippen LogP contribution in [0.4, 0.5) is 0 Å². The van der Waals surface area contributed by atoms with E-state index in [4.69, 9.17) is 8.83 Å². The van der Waals surface area contributed by atoms with Gasteiger partial charge >= 0.3 is 0 Å². The van der Waals surface area contributed by atoms with Crippen LogP contribution in [0.5, 0.6) is 0 Å². The largest absolute Gasteiger partial charge is 0.456 e. The van der Waals surface area contributed by atoms with Gasteiger partial charge in [-0.05, 0) is 119 Å². The highest BCUT2D eigenvalue weighted by molar-refractivity contribution is 6.24. The van der Waals surface area contributed by atoms with Crippen LogP contribution >= 0.6 is 0 Å². The van der Waals surface area contributed by atoms with E-state index in [2.05, 4.69) is 170 Å². The Morgan fingerprint density at radius 1 is 0.259 bits per heavy atom. The summed E-state index contributed by atoms with van der Waals surface area (Å²) in [6.45, 7) is 0. The predicted molar refractivity (Wildman–Crippen MR) is 227 cm³/mol. The van der Waals surface area contributed by atoms with Crippen molar-refractivity contribution in [2.24, 2.45) is 0 Å². The first-order chi connectivity index (χ1) is 26.7. The van der Waals surface area contributed by atoms with E-state index in [1.54, 1.807) is 0 Å². The van der Waals surface area contributed by atoms with E-state index < -0.39 is 0 Å². The zero-order valence-corrected chi connectivity index (χ0v) is 29.1. The van der Waals surface area contributed by atoms with Crippen molar-refractivity contribution in [1.82, 2.24) is 0 Å². The molecule has 2 aromatic heterocycles. The minimum Gasteiger partial charge on any atom is -0.456 e. The van der Waals surface area contributed by atoms with Crippen LogP contribution in [0.15, 0.2) is 191 Å². The summed E-state index contributed by atoms with van der Waals surface area (Å²) < 4.78 is 12.8. The van der Waals surface area contributed by atoms with Crippen molar-refractivity contribution in [1.29, 1.82) is 0 Å². The SMILES string of the molecule is c1ccc2cc(-c3c4ccccc4c(-c4ccc(-c5ccc6cc7c(cc6c5)oc5c7ccc6oc7ccccc7c65)cc4)c4ccccc34)ccc2c1. The van der Waals surface area contributed by atoms with Crippen molar-refractivity contribution in [3.05, 3.63) is 182 Å². The number of hydrogen-bond donors (Lipinski definition) is 0. The van der Waals surface area contributed by atoms with Crippen LogP contribution in [0.25, 0.3) is 120 Å². The van der Waals surface area contributed by atoms with Gasteiger partial charge in [-0.25, -0.2) is 0 Å². The number of furan rings is 2. The molecular weight excluding hydrogens is 657 g/mol. The normalized spacial score (nSPS) is 12.1. The molecule has 0 fully saturated rings. The molecule has 2 heteroatoms. The Hall–Kier alpha value is -7.16. The lowest BCUT2D eigenvalue weighted by Gasteiger charge is -2.18. The Kier molecular flexibility index (Phi) is 6.09. The second-order valence-corrected chi connectivity index (χ2v) is 14.4. The monoisotopic (exact) mass is 686 g/mol. The van der Waals surface area contributed by atoms with E-state index in [1.807, 2.05) is 12.1 Å². The summed E-state index contributed by atoms with van der Waals surface area (Å²) in [7, 11) is 0. The number of hydrogen-bond acceptors (Lipinski definition) is 2. The maximum absolute atomic E-state index is 6.62. The highest BCUT2D eigenvalue weighted by atomic mass is 16.3. The van der Waals surface area contributed by atoms with Gasteiger partial charge < -0.3 is 8.83 Å². The summed E-state index contributed by atoms with van der Waals surface area (Å²) in [5.74, 6) is 0. The lowest BCUT2D eigenvalue weighted by molar-refractivity contribution is 0.663. The van der Waals surface area contributed by atoms with E-state index in [-0.39, 0.29) is 0 Å². The van der Waals surface area contributed by atoms with Gasteiger partial charge in [0.05, 0.1) is 5.39 Å². The molecule has 250 valence electrons. The van der Waals surface area contributed by atoms with Gasteiger partial charge in [-0.2, -0.15) is 0 Å². The molecule has 0 aliphatic carbocycles. The van der Waals surface area contributed by atoms with Gasteiger partial charge in [0.25, 0.3) is 0 Å². The molecule has 0 aliphatic rings. The zero-order chi connectivity index (χ0) is 35.3. The van der Waals surface area contributed by atoms with Gasteiger partial charge in [-0.1, -0.05) is 140 Å². The van der Waals surface area contributed by atoms with Gasteiger partial charge in [0.15, 0.2) is 0 Å². The first-order valence-corrected chi connectivity index (χ1v) is 18.5. The van der Waals surface area contributed by atoms with E-state index in [1.165, 1.54) is 71.1 Å². The Balaban J connectivity index is 0.976. The minimum atomic E-state index is 0.847. The van der Waals surface area contributed by atoms with Crippen LogP contribution in [0.3, 0.4) is 0 Å². The van der Waals surface area contributed by atoms with Crippen LogP contribution in [0.1, 0.15) is 0 Å². The van der Waals surface area contributed by atoms with Gasteiger partial charge in [-0.15, -0.1) is 0 Å². The van der Waals surface area contributed by atoms with E-state index in [9.17, 15) is 0 Å². The van der Waals surface area contributed by atoms with Crippen molar-refractivity contribution in [3.8, 4) is 33.4 Å². The molecule has 0 bridgehead atoms. The fourth-order valence-corrected chi connectivity index (χ4v) is 8.89. The molecule has 0 atom stereocenters. The van der Waals surface area contributed by atoms with Gasteiger partial charge in [0.1, 0.15) is 22.3 Å². The molecule has 0 aliphatic heterocycles. The van der Waals surface area contributed by atoms with Crippen molar-refractivity contribution >= 4 is 87.0 Å². The fraction of sp³-hybridized carbons (Fsp3) is 0. The molecule has 54 heavy (non-hydrogen) atoms. The average molecular weight is 687 g/mol. The number of benzene rings is 10. The fourth-order valence-electron chi connectivity index (χ4n) is 8.89.